The van der Waals surface area contributed by atoms with Gasteiger partial charge >= 0.3 is 0 Å². The molecule has 0 aromatic heterocycles. The highest BCUT2D eigenvalue weighted by Crippen LogP contribution is 2.43. The van der Waals surface area contributed by atoms with E-state index < -0.39 is 11.4 Å². The minimum absolute atomic E-state index is 0.173. The summed E-state index contributed by atoms with van der Waals surface area (Å²) in [4.78, 5) is 50.3. The van der Waals surface area contributed by atoms with Crippen LogP contribution in [0.4, 0.5) is 0 Å². The molecule has 0 aromatic rings. The number of rotatable bonds is 2. The zero-order valence-electron chi connectivity index (χ0n) is 12.2. The van der Waals surface area contributed by atoms with E-state index in [1.807, 2.05) is 0 Å². The van der Waals surface area contributed by atoms with Crippen LogP contribution in [0.5, 0.6) is 0 Å². The molecule has 0 spiro atoms. The first-order valence-electron chi connectivity index (χ1n) is 7.73. The largest absolute Gasteiger partial charge is 0.294 e. The molecule has 3 aliphatic rings. The lowest BCUT2D eigenvalue weighted by atomic mass is 9.81. The number of nitrogens with zero attached hydrogens (tertiary/aromatic N) is 1. The van der Waals surface area contributed by atoms with Gasteiger partial charge in [-0.25, -0.2) is 0 Å². The van der Waals surface area contributed by atoms with Crippen LogP contribution in [0, 0.1) is 11.8 Å². The number of imide groups is 2. The van der Waals surface area contributed by atoms with E-state index in [0.717, 1.165) is 25.7 Å². The van der Waals surface area contributed by atoms with E-state index in [9.17, 15) is 19.2 Å². The molecular weight excluding hydrogens is 272 g/mol. The Bertz CT molecular complexity index is 506. The highest BCUT2D eigenvalue weighted by atomic mass is 16.2. The molecule has 6 heteroatoms. The van der Waals surface area contributed by atoms with E-state index in [0.29, 0.717) is 6.42 Å². The molecule has 0 radical (unpaired) electrons. The van der Waals surface area contributed by atoms with Crippen molar-refractivity contribution in [3.8, 4) is 0 Å². The molecule has 1 saturated carbocycles. The molecule has 2 aliphatic heterocycles. The summed E-state index contributed by atoms with van der Waals surface area (Å²) in [7, 11) is 0. The average molecular weight is 292 g/mol. The third-order valence-corrected chi connectivity index (χ3v) is 5.30. The maximum atomic E-state index is 12.7. The minimum Gasteiger partial charge on any atom is -0.294 e. The average Bonchev–Trinajstić information content (AvgIpc) is 2.74. The SMILES string of the molecule is CCC1(N2C(=O)[C@H]3CCCC[C@H]3C2=O)CCC(=O)NC1=O. The van der Waals surface area contributed by atoms with E-state index in [4.69, 9.17) is 0 Å². The van der Waals surface area contributed by atoms with E-state index in [1.165, 1.54) is 4.90 Å². The molecule has 3 fully saturated rings. The van der Waals surface area contributed by atoms with Crippen molar-refractivity contribution >= 4 is 23.6 Å². The highest BCUT2D eigenvalue weighted by Gasteiger charge is 2.58. The number of likely N-dealkylation sites (tertiary alicyclic amines) is 1. The van der Waals surface area contributed by atoms with Gasteiger partial charge in [0.2, 0.25) is 17.7 Å². The zero-order valence-corrected chi connectivity index (χ0v) is 12.2. The first-order valence-corrected chi connectivity index (χ1v) is 7.73. The quantitative estimate of drug-likeness (QED) is 0.761. The van der Waals surface area contributed by atoms with Crippen LogP contribution in [0.15, 0.2) is 0 Å². The first-order chi connectivity index (χ1) is 10.0. The number of nitrogens with one attached hydrogen (secondary N) is 1. The van der Waals surface area contributed by atoms with Crippen LogP contribution in [-0.2, 0) is 19.2 Å². The summed E-state index contributed by atoms with van der Waals surface area (Å²) in [6, 6.07) is 0. The lowest BCUT2D eigenvalue weighted by Gasteiger charge is -2.40. The highest BCUT2D eigenvalue weighted by molar-refractivity contribution is 6.12. The third-order valence-electron chi connectivity index (χ3n) is 5.30. The van der Waals surface area contributed by atoms with Gasteiger partial charge in [-0.2, -0.15) is 0 Å². The molecule has 114 valence electrons. The third kappa shape index (κ3) is 1.92. The summed E-state index contributed by atoms with van der Waals surface area (Å²) in [6.45, 7) is 1.79. The normalized spacial score (nSPS) is 36.7. The van der Waals surface area contributed by atoms with Gasteiger partial charge in [0.05, 0.1) is 11.8 Å². The first kappa shape index (κ1) is 14.2. The Morgan fingerprint density at radius 2 is 1.67 bits per heavy atom. The van der Waals surface area contributed by atoms with Crippen molar-refractivity contribution in [2.45, 2.75) is 57.4 Å². The summed E-state index contributed by atoms with van der Waals surface area (Å²) in [5, 5.41) is 2.30. The number of carbonyl (C=O) groups is 4. The predicted octanol–water partition coefficient (Wildman–Crippen LogP) is 0.747. The van der Waals surface area contributed by atoms with Crippen molar-refractivity contribution in [2.75, 3.05) is 0 Å². The Hall–Kier alpha value is -1.72. The van der Waals surface area contributed by atoms with Gasteiger partial charge in [-0.1, -0.05) is 19.8 Å². The molecule has 21 heavy (non-hydrogen) atoms. The lowest BCUT2D eigenvalue weighted by Crippen LogP contribution is -2.64. The molecule has 0 aromatic carbocycles. The maximum absolute atomic E-state index is 12.7. The second-order valence-electron chi connectivity index (χ2n) is 6.27. The minimum atomic E-state index is -1.17. The predicted molar refractivity (Wildman–Crippen MR) is 72.7 cm³/mol. The van der Waals surface area contributed by atoms with Crippen LogP contribution in [-0.4, -0.2) is 34.1 Å². The summed E-state index contributed by atoms with van der Waals surface area (Å²) >= 11 is 0. The van der Waals surface area contributed by atoms with Crippen molar-refractivity contribution in [3.63, 3.8) is 0 Å². The Kier molecular flexibility index (Phi) is 3.34. The Labute approximate surface area is 123 Å². The van der Waals surface area contributed by atoms with Crippen LogP contribution >= 0.6 is 0 Å². The van der Waals surface area contributed by atoms with Crippen molar-refractivity contribution in [2.24, 2.45) is 11.8 Å². The molecule has 6 nitrogen and oxygen atoms in total. The molecule has 1 unspecified atom stereocenters. The van der Waals surface area contributed by atoms with Crippen LogP contribution in [0.2, 0.25) is 0 Å². The van der Waals surface area contributed by atoms with E-state index in [-0.39, 0.29) is 42.4 Å². The van der Waals surface area contributed by atoms with Crippen molar-refractivity contribution in [1.82, 2.24) is 10.2 Å². The van der Waals surface area contributed by atoms with Gasteiger partial charge in [-0.3, -0.25) is 29.4 Å². The molecule has 3 atom stereocenters. The lowest BCUT2D eigenvalue weighted by molar-refractivity contribution is -0.159. The Morgan fingerprint density at radius 3 is 2.14 bits per heavy atom. The second kappa shape index (κ2) is 4.93. The van der Waals surface area contributed by atoms with E-state index in [1.54, 1.807) is 6.92 Å². The topological polar surface area (TPSA) is 83.6 Å². The fourth-order valence-corrected chi connectivity index (χ4v) is 4.03. The standard InChI is InChI=1S/C15H20N2O4/c1-2-15(8-7-11(18)16-14(15)21)17-12(19)9-5-3-4-6-10(9)13(17)20/h9-10H,2-8H2,1H3,(H,16,18,21)/t9-,10+,15?. The van der Waals surface area contributed by atoms with Crippen molar-refractivity contribution in [1.29, 1.82) is 0 Å². The number of carbonyl (C=O) groups excluding carboxylic acids is 4. The van der Waals surface area contributed by atoms with Gasteiger partial charge in [0, 0.05) is 6.42 Å². The molecule has 0 bridgehead atoms. The van der Waals surface area contributed by atoms with Crippen LogP contribution in [0.25, 0.3) is 0 Å². The molecule has 1 N–H and O–H groups in total. The number of hydrogen-bond donors (Lipinski definition) is 1. The van der Waals surface area contributed by atoms with Gasteiger partial charge in [-0.05, 0) is 25.7 Å². The Balaban J connectivity index is 1.97. The summed E-state index contributed by atoms with van der Waals surface area (Å²) in [5.41, 5.74) is -1.17. The Morgan fingerprint density at radius 1 is 1.10 bits per heavy atom. The molecule has 2 heterocycles. The van der Waals surface area contributed by atoms with Crippen LogP contribution in [0.3, 0.4) is 0 Å². The molecule has 3 rings (SSSR count). The van der Waals surface area contributed by atoms with Crippen molar-refractivity contribution in [3.05, 3.63) is 0 Å². The van der Waals surface area contributed by atoms with Crippen molar-refractivity contribution < 1.29 is 19.2 Å². The van der Waals surface area contributed by atoms with Crippen LogP contribution < -0.4 is 5.32 Å². The van der Waals surface area contributed by atoms with Gasteiger partial charge in [-0.15, -0.1) is 0 Å². The fraction of sp³-hybridized carbons (Fsp3) is 0.733. The fourth-order valence-electron chi connectivity index (χ4n) is 4.03. The molecule has 4 amide bonds. The summed E-state index contributed by atoms with van der Waals surface area (Å²) in [5.74, 6) is -1.78. The molecule has 2 saturated heterocycles. The number of piperidine rings is 1. The zero-order chi connectivity index (χ0) is 15.2. The van der Waals surface area contributed by atoms with Crippen LogP contribution in [0.1, 0.15) is 51.9 Å². The molecule has 1 aliphatic carbocycles. The summed E-state index contributed by atoms with van der Waals surface area (Å²) in [6.07, 6.45) is 4.13. The summed E-state index contributed by atoms with van der Waals surface area (Å²) < 4.78 is 0. The monoisotopic (exact) mass is 292 g/mol. The maximum Gasteiger partial charge on any atom is 0.253 e. The number of amides is 4. The van der Waals surface area contributed by atoms with Gasteiger partial charge in [0.15, 0.2) is 0 Å². The van der Waals surface area contributed by atoms with Gasteiger partial charge < -0.3 is 0 Å². The second-order valence-corrected chi connectivity index (χ2v) is 6.27. The smallest absolute Gasteiger partial charge is 0.253 e. The van der Waals surface area contributed by atoms with E-state index >= 15 is 0 Å². The van der Waals surface area contributed by atoms with Gasteiger partial charge in [0.1, 0.15) is 5.54 Å². The van der Waals surface area contributed by atoms with E-state index in [2.05, 4.69) is 5.32 Å². The number of hydrogen-bond acceptors (Lipinski definition) is 4. The molecular formula is C15H20N2O4. The van der Waals surface area contributed by atoms with Gasteiger partial charge in [0.25, 0.3) is 5.91 Å². The number of fused-ring (bicyclic) bond motifs is 1.